The molecule has 2 nitrogen and oxygen atoms in total. The quantitative estimate of drug-likeness (QED) is 0.668. The van der Waals surface area contributed by atoms with E-state index < -0.39 is 5.54 Å². The zero-order chi connectivity index (χ0) is 10.8. The molecule has 1 aromatic rings. The van der Waals surface area contributed by atoms with Crippen molar-refractivity contribution >= 4 is 11.8 Å². The van der Waals surface area contributed by atoms with Gasteiger partial charge in [0.05, 0.1) is 0 Å². The summed E-state index contributed by atoms with van der Waals surface area (Å²) in [5.41, 5.74) is 1.13. The molecule has 0 fully saturated rings. The molecule has 14 heavy (non-hydrogen) atoms. The Hall–Kier alpha value is -1.28. The van der Waals surface area contributed by atoms with Gasteiger partial charge in [-0.3, -0.25) is 0 Å². The molecule has 0 aliphatic heterocycles. The molecule has 0 radical (unpaired) electrons. The maximum atomic E-state index is 11.9. The zero-order valence-electron chi connectivity index (χ0n) is 8.95. The van der Waals surface area contributed by atoms with Crippen LogP contribution in [0.1, 0.15) is 26.3 Å². The van der Waals surface area contributed by atoms with Crippen LogP contribution in [0.2, 0.25) is 0 Å². The Morgan fingerprint density at radius 2 is 1.86 bits per heavy atom. The lowest BCUT2D eigenvalue weighted by molar-refractivity contribution is 0.556. The predicted molar refractivity (Wildman–Crippen MR) is 62.1 cm³/mol. The molecule has 0 amide bonds. The van der Waals surface area contributed by atoms with Gasteiger partial charge in [0.1, 0.15) is 0 Å². The monoisotopic (exact) mass is 190 g/mol. The highest BCUT2D eigenvalue weighted by Crippen LogP contribution is 2.26. The number of para-hydroxylation sites is 1. The molecule has 0 bridgehead atoms. The second kappa shape index (κ2) is 3.84. The first-order valence-electron chi connectivity index (χ1n) is 4.65. The molecule has 0 atom stereocenters. The van der Waals surface area contributed by atoms with E-state index in [2.05, 4.69) is 6.58 Å². The van der Waals surface area contributed by atoms with Crippen LogP contribution in [0.4, 0.5) is 5.69 Å². The third kappa shape index (κ3) is 2.15. The molecule has 0 N–H and O–H groups in total. The molecule has 1 aromatic carbocycles. The minimum absolute atomic E-state index is 0.418. The molecule has 76 valence electrons. The fraction of sp³-hybridized carbons (Fsp3) is 0.333. The average Bonchev–Trinajstić information content (AvgIpc) is 2.15. The van der Waals surface area contributed by atoms with Crippen LogP contribution in [0.25, 0.3) is 6.08 Å². The highest BCUT2D eigenvalue weighted by molar-refractivity contribution is 5.67. The lowest BCUT2D eigenvalue weighted by atomic mass is 10.1. The van der Waals surface area contributed by atoms with E-state index in [-0.39, 0.29) is 0 Å². The SMILES string of the molecule is C=Cc1ccccc1N([O-])C(C)(C)C. The molecule has 2 heteroatoms. The van der Waals surface area contributed by atoms with Crippen LogP contribution in [-0.2, 0) is 0 Å². The molecular weight excluding hydrogens is 174 g/mol. The summed E-state index contributed by atoms with van der Waals surface area (Å²) >= 11 is 0. The van der Waals surface area contributed by atoms with E-state index in [4.69, 9.17) is 0 Å². The van der Waals surface area contributed by atoms with E-state index >= 15 is 0 Å². The van der Waals surface area contributed by atoms with Gasteiger partial charge in [0.15, 0.2) is 0 Å². The van der Waals surface area contributed by atoms with E-state index in [0.717, 1.165) is 10.6 Å². The van der Waals surface area contributed by atoms with Crippen molar-refractivity contribution in [3.05, 3.63) is 41.6 Å². The van der Waals surface area contributed by atoms with Crippen molar-refractivity contribution in [1.82, 2.24) is 0 Å². The molecule has 0 saturated heterocycles. The van der Waals surface area contributed by atoms with Crippen molar-refractivity contribution in [1.29, 1.82) is 0 Å². The Morgan fingerprint density at radius 1 is 1.29 bits per heavy atom. The Bertz CT molecular complexity index is 325. The van der Waals surface area contributed by atoms with Crippen LogP contribution < -0.4 is 5.06 Å². The van der Waals surface area contributed by atoms with Crippen molar-refractivity contribution in [3.63, 3.8) is 0 Å². The maximum absolute atomic E-state index is 11.9. The number of nitrogens with zero attached hydrogens (tertiary/aromatic N) is 1. The standard InChI is InChI=1S/C12H16NO/c1-5-10-8-6-7-9-11(10)13(14)12(2,3)4/h5-9H,1H2,2-4H3/q-1. The Labute approximate surface area is 85.4 Å². The van der Waals surface area contributed by atoms with Crippen LogP contribution in [0.3, 0.4) is 0 Å². The molecule has 0 aliphatic rings. The minimum Gasteiger partial charge on any atom is -0.758 e. The van der Waals surface area contributed by atoms with Gasteiger partial charge in [-0.2, -0.15) is 0 Å². The molecule has 0 aromatic heterocycles. The van der Waals surface area contributed by atoms with Crippen LogP contribution in [0.15, 0.2) is 30.8 Å². The summed E-state index contributed by atoms with van der Waals surface area (Å²) in [7, 11) is 0. The fourth-order valence-corrected chi connectivity index (χ4v) is 1.21. The maximum Gasteiger partial charge on any atom is 0.0336 e. The molecule has 0 unspecified atom stereocenters. The van der Waals surface area contributed by atoms with Gasteiger partial charge < -0.3 is 10.3 Å². The van der Waals surface area contributed by atoms with Gasteiger partial charge in [0, 0.05) is 11.2 Å². The van der Waals surface area contributed by atoms with Crippen molar-refractivity contribution in [2.24, 2.45) is 0 Å². The third-order valence-corrected chi connectivity index (χ3v) is 1.98. The highest BCUT2D eigenvalue weighted by atomic mass is 16.5. The third-order valence-electron chi connectivity index (χ3n) is 1.98. The summed E-state index contributed by atoms with van der Waals surface area (Å²) < 4.78 is 0. The van der Waals surface area contributed by atoms with Gasteiger partial charge in [-0.25, -0.2) is 0 Å². The number of hydroxylamine groups is 1. The summed E-state index contributed by atoms with van der Waals surface area (Å²) in [6.07, 6.45) is 1.70. The molecule has 1 rings (SSSR count). The first kappa shape index (κ1) is 10.8. The van der Waals surface area contributed by atoms with Crippen LogP contribution in [0, 0.1) is 5.21 Å². The first-order chi connectivity index (χ1) is 6.46. The smallest absolute Gasteiger partial charge is 0.0336 e. The van der Waals surface area contributed by atoms with Gasteiger partial charge in [-0.1, -0.05) is 30.9 Å². The van der Waals surface area contributed by atoms with Crippen molar-refractivity contribution in [2.45, 2.75) is 26.3 Å². The van der Waals surface area contributed by atoms with E-state index in [1.165, 1.54) is 0 Å². The summed E-state index contributed by atoms with van der Waals surface area (Å²) in [4.78, 5) is 0. The predicted octanol–water partition coefficient (Wildman–Crippen LogP) is 3.43. The topological polar surface area (TPSA) is 26.3 Å². The van der Waals surface area contributed by atoms with Crippen molar-refractivity contribution < 1.29 is 0 Å². The normalized spacial score (nSPS) is 11.1. The van der Waals surface area contributed by atoms with Crippen LogP contribution in [0.5, 0.6) is 0 Å². The Balaban J connectivity index is 3.12. The lowest BCUT2D eigenvalue weighted by Crippen LogP contribution is -2.36. The lowest BCUT2D eigenvalue weighted by Gasteiger charge is -2.44. The van der Waals surface area contributed by atoms with Crippen molar-refractivity contribution in [3.8, 4) is 0 Å². The van der Waals surface area contributed by atoms with E-state index in [0.29, 0.717) is 5.69 Å². The second-order valence-corrected chi connectivity index (χ2v) is 4.23. The number of hydrogen-bond acceptors (Lipinski definition) is 2. The molecule has 0 saturated carbocycles. The zero-order valence-corrected chi connectivity index (χ0v) is 8.95. The Morgan fingerprint density at radius 3 is 2.36 bits per heavy atom. The Kier molecular flexibility index (Phi) is 2.96. The molecule has 0 heterocycles. The van der Waals surface area contributed by atoms with Gasteiger partial charge >= 0.3 is 0 Å². The molecule has 0 aliphatic carbocycles. The average molecular weight is 190 g/mol. The highest BCUT2D eigenvalue weighted by Gasteiger charge is 2.14. The van der Waals surface area contributed by atoms with E-state index in [9.17, 15) is 5.21 Å². The fourth-order valence-electron chi connectivity index (χ4n) is 1.21. The number of benzene rings is 1. The second-order valence-electron chi connectivity index (χ2n) is 4.23. The molecule has 0 spiro atoms. The van der Waals surface area contributed by atoms with E-state index in [1.807, 2.05) is 45.0 Å². The van der Waals surface area contributed by atoms with Gasteiger partial charge in [-0.15, -0.1) is 0 Å². The van der Waals surface area contributed by atoms with E-state index in [1.54, 1.807) is 6.08 Å². The van der Waals surface area contributed by atoms with Gasteiger partial charge in [0.25, 0.3) is 0 Å². The number of anilines is 1. The van der Waals surface area contributed by atoms with Gasteiger partial charge in [0.2, 0.25) is 0 Å². The first-order valence-corrected chi connectivity index (χ1v) is 4.65. The summed E-state index contributed by atoms with van der Waals surface area (Å²) in [6, 6.07) is 7.46. The number of rotatable bonds is 2. The largest absolute Gasteiger partial charge is 0.758 e. The summed E-state index contributed by atoms with van der Waals surface area (Å²) in [5, 5.41) is 12.9. The minimum atomic E-state index is -0.418. The molecular formula is C12H16NO-. The summed E-state index contributed by atoms with van der Waals surface area (Å²) in [5.74, 6) is 0. The van der Waals surface area contributed by atoms with Crippen molar-refractivity contribution in [2.75, 3.05) is 5.06 Å². The van der Waals surface area contributed by atoms with Crippen LogP contribution >= 0.6 is 0 Å². The van der Waals surface area contributed by atoms with Crippen LogP contribution in [-0.4, -0.2) is 5.54 Å². The van der Waals surface area contributed by atoms with Gasteiger partial charge in [-0.05, 0) is 32.4 Å². The summed E-state index contributed by atoms with van der Waals surface area (Å²) in [6.45, 7) is 9.36. The number of hydrogen-bond donors (Lipinski definition) is 0.